The van der Waals surface area contributed by atoms with Gasteiger partial charge < -0.3 is 142 Å². The molecule has 30 atom stereocenters. The summed E-state index contributed by atoms with van der Waals surface area (Å²) in [6.45, 7) is 4.35. The predicted octanol–water partition coefficient (Wildman–Crippen LogP) is -0.971. The first-order valence-electron chi connectivity index (χ1n) is 28.8. The van der Waals surface area contributed by atoms with Crippen molar-refractivity contribution < 1.29 is 142 Å². The second-order valence-electron chi connectivity index (χ2n) is 21.9. The molecule has 0 saturated carbocycles. The molecule has 0 spiro atoms. The molecule has 0 amide bonds. The van der Waals surface area contributed by atoms with Crippen LogP contribution in [0, 0.1) is 0 Å². The molecule has 23 heterocycles. The van der Waals surface area contributed by atoms with E-state index in [-0.39, 0.29) is 52.9 Å². The van der Waals surface area contributed by atoms with Gasteiger partial charge in [-0.1, -0.05) is 6.58 Å². The third-order valence-electron chi connectivity index (χ3n) is 17.0. The van der Waals surface area contributed by atoms with Crippen LogP contribution in [0.4, 0.5) is 0 Å². The van der Waals surface area contributed by atoms with Gasteiger partial charge in [0.25, 0.3) is 0 Å². The van der Waals surface area contributed by atoms with Gasteiger partial charge in [-0.15, -0.1) is 0 Å². The van der Waals surface area contributed by atoms with Crippen LogP contribution in [0.2, 0.25) is 0 Å². The van der Waals surface area contributed by atoms with E-state index < -0.39 is 184 Å². The summed E-state index contributed by atoms with van der Waals surface area (Å²) in [5.74, 6) is 0. The third kappa shape index (κ3) is 15.1. The highest BCUT2D eigenvalue weighted by atomic mass is 16.8. The summed E-state index contributed by atoms with van der Waals surface area (Å²) in [5.41, 5.74) is 0.653. The highest BCUT2D eigenvalue weighted by Gasteiger charge is 2.61. The van der Waals surface area contributed by atoms with E-state index in [1.54, 1.807) is 0 Å². The normalized spacial score (nSPS) is 46.2. The van der Waals surface area contributed by atoms with E-state index in [2.05, 4.69) is 6.58 Å². The van der Waals surface area contributed by atoms with Crippen molar-refractivity contribution in [1.82, 2.24) is 0 Å². The van der Waals surface area contributed by atoms with E-state index in [1.165, 1.54) is 114 Å². The molecule has 23 aliphatic rings. The smallest absolute Gasteiger partial charge is 0.187 e. The second-order valence-corrected chi connectivity index (χ2v) is 21.9. The Balaban J connectivity index is 1.24. The average Bonchev–Trinajstić information content (AvgIpc) is 1.36. The van der Waals surface area contributed by atoms with Crippen molar-refractivity contribution >= 4 is 0 Å². The molecule has 0 aromatic rings. The van der Waals surface area contributed by atoms with Crippen LogP contribution >= 0.6 is 0 Å². The Kier molecular flexibility index (Phi) is 27.8. The summed E-state index contributed by atoms with van der Waals surface area (Å²) in [6, 6.07) is 0. The van der Waals surface area contributed by atoms with E-state index in [0.717, 1.165) is 0 Å². The van der Waals surface area contributed by atoms with Gasteiger partial charge in [-0.05, 0) is 5.57 Å². The number of methoxy groups -OCH3 is 16. The topological polar surface area (TPSA) is 277 Å². The first-order valence-corrected chi connectivity index (χ1v) is 28.8. The summed E-state index contributed by atoms with van der Waals surface area (Å²) in [5, 5.41) is 0. The monoisotopic (exact) mass is 1250 g/mol. The summed E-state index contributed by atoms with van der Waals surface area (Å²) in [6.07, 6.45) is -29.7. The van der Waals surface area contributed by atoms with Crippen molar-refractivity contribution in [2.75, 3.05) is 167 Å². The van der Waals surface area contributed by atoms with Crippen LogP contribution in [0.25, 0.3) is 0 Å². The Hall–Kier alpha value is -1.46. The van der Waals surface area contributed by atoms with Crippen LogP contribution in [0.1, 0.15) is 0 Å². The minimum Gasteiger partial charge on any atom is -0.382 e. The number of hydrogen-bond donors (Lipinski definition) is 0. The molecule has 0 aromatic heterocycles. The third-order valence-corrected chi connectivity index (χ3v) is 17.0. The standard InChI is InChI=1S/C56H96O30/c1-26-18-73-44-38-32(25-62-7)80-56(50(44)74-19-26)85-37-31(24-61-6)78-54(48(71-16)43(37)67-12)83-35-29(22-59-4)76-52(46(69-14)41(35)65-10)81-33-27(20-57-2)75-51(45(68-13)39(33)63-8)82-34-28(21-58-3)77-53(47(70-15)40(34)64-9)84-36-30(23-60-5)79-55(86-38)49(72-17)42(36)66-11/h27-56H,1,18-25H2,2-17H3/t27-,28-,29-,30-,31-,32-,33-,34-,35-,36-,37-,38-,39+,40+,41+,42+,43+,44+,45-,46-,47-,48-,49-,50-,51-,52-,53-,54-,55-,56-/m1/s1. The molecule has 86 heavy (non-hydrogen) atoms. The Labute approximate surface area is 503 Å². The minimum absolute atomic E-state index is 0.00918. The number of rotatable bonds is 22. The molecule has 500 valence electrons. The van der Waals surface area contributed by atoms with Gasteiger partial charge in [0.15, 0.2) is 37.7 Å². The van der Waals surface area contributed by atoms with Crippen LogP contribution < -0.4 is 0 Å². The first kappa shape index (κ1) is 70.4. The molecule has 0 unspecified atom stereocenters. The molecular weight excluding hydrogens is 1150 g/mol. The van der Waals surface area contributed by atoms with Crippen molar-refractivity contribution in [2.24, 2.45) is 0 Å². The zero-order valence-electron chi connectivity index (χ0n) is 52.4. The Morgan fingerprint density at radius 2 is 0.442 bits per heavy atom. The molecule has 0 N–H and O–H groups in total. The molecular formula is C56H96O30. The highest BCUT2D eigenvalue weighted by molar-refractivity contribution is 5.06. The molecule has 23 rings (SSSR count). The molecule has 12 bridgehead atoms. The Morgan fingerprint density at radius 3 is 0.674 bits per heavy atom. The van der Waals surface area contributed by atoms with Gasteiger partial charge in [0, 0.05) is 114 Å². The molecule has 0 aliphatic carbocycles. The number of ether oxygens (including phenoxy) is 30. The maximum Gasteiger partial charge on any atom is 0.187 e. The lowest BCUT2D eigenvalue weighted by molar-refractivity contribution is -0.410. The minimum atomic E-state index is -1.19. The lowest BCUT2D eigenvalue weighted by Gasteiger charge is -2.53. The maximum absolute atomic E-state index is 7.07. The lowest BCUT2D eigenvalue weighted by Crippen LogP contribution is -2.70. The van der Waals surface area contributed by atoms with E-state index >= 15 is 0 Å². The van der Waals surface area contributed by atoms with Crippen molar-refractivity contribution in [3.63, 3.8) is 0 Å². The fourth-order valence-corrected chi connectivity index (χ4v) is 13.1. The summed E-state index contributed by atoms with van der Waals surface area (Å²) in [4.78, 5) is 0. The molecule has 23 fully saturated rings. The average molecular weight is 1250 g/mol. The van der Waals surface area contributed by atoms with Gasteiger partial charge in [0.2, 0.25) is 0 Å². The molecule has 23 aliphatic heterocycles. The molecule has 23 saturated heterocycles. The van der Waals surface area contributed by atoms with Crippen LogP contribution in [0.3, 0.4) is 0 Å². The van der Waals surface area contributed by atoms with Crippen LogP contribution in [0.15, 0.2) is 12.2 Å². The number of hydrogen-bond acceptors (Lipinski definition) is 30. The van der Waals surface area contributed by atoms with Gasteiger partial charge in [0.05, 0.1) is 52.9 Å². The maximum atomic E-state index is 7.07. The van der Waals surface area contributed by atoms with E-state index in [9.17, 15) is 0 Å². The highest BCUT2D eigenvalue weighted by Crippen LogP contribution is 2.42. The molecule has 0 aromatic carbocycles. The van der Waals surface area contributed by atoms with Crippen LogP contribution in [-0.4, -0.2) is 351 Å². The predicted molar refractivity (Wildman–Crippen MR) is 289 cm³/mol. The quantitative estimate of drug-likeness (QED) is 0.118. The van der Waals surface area contributed by atoms with Gasteiger partial charge in [0.1, 0.15) is 146 Å². The lowest BCUT2D eigenvalue weighted by atomic mass is 9.94. The molecule has 30 nitrogen and oxygen atoms in total. The van der Waals surface area contributed by atoms with Gasteiger partial charge in [-0.25, -0.2) is 0 Å². The SMILES string of the molecule is C=C1CO[C@@H]2[C@@H](OC1)[C@H]1O[C@H]3[C@H](OC)[C@@H](OC)[C@@H](O[C@H]4[C@H](OC)[C@@H](OC)[C@@H](O[C@H]5[C@H](OC)[C@@H](OC)[C@@H](O[C@H]6[C@H](OC)[C@@H](OC)[C@@H](O[C@H]7[C@H](OC)[C@@H](OC)[C@@H](O[C@@H]2[C@@H](COC)O1)O[C@@H]7COC)O[C@@H]6COC)O[C@@H]5COC)O[C@@H]4COC)O[C@@H]3COC. The zero-order chi connectivity index (χ0) is 61.8. The molecule has 30 heteroatoms. The fourth-order valence-electron chi connectivity index (χ4n) is 13.1. The summed E-state index contributed by atoms with van der Waals surface area (Å²) in [7, 11) is 24.4. The fraction of sp³-hybridized carbons (Fsp3) is 0.964. The second kappa shape index (κ2) is 33.9. The molecule has 0 radical (unpaired) electrons. The largest absolute Gasteiger partial charge is 0.382 e. The Bertz CT molecular complexity index is 1970. The van der Waals surface area contributed by atoms with Crippen molar-refractivity contribution in [1.29, 1.82) is 0 Å². The van der Waals surface area contributed by atoms with Gasteiger partial charge >= 0.3 is 0 Å². The Morgan fingerprint density at radius 1 is 0.244 bits per heavy atom. The van der Waals surface area contributed by atoms with E-state index in [4.69, 9.17) is 142 Å². The van der Waals surface area contributed by atoms with E-state index in [0.29, 0.717) is 5.57 Å². The van der Waals surface area contributed by atoms with Crippen molar-refractivity contribution in [3.05, 3.63) is 12.2 Å². The first-order chi connectivity index (χ1) is 41.9. The van der Waals surface area contributed by atoms with Crippen LogP contribution in [-0.2, 0) is 142 Å². The van der Waals surface area contributed by atoms with E-state index in [1.807, 2.05) is 0 Å². The van der Waals surface area contributed by atoms with Crippen LogP contribution in [0.5, 0.6) is 0 Å². The zero-order valence-corrected chi connectivity index (χ0v) is 52.4. The van der Waals surface area contributed by atoms with Gasteiger partial charge in [-0.2, -0.15) is 0 Å². The van der Waals surface area contributed by atoms with Crippen molar-refractivity contribution in [2.45, 2.75) is 184 Å². The summed E-state index contributed by atoms with van der Waals surface area (Å²) < 4.78 is 194. The summed E-state index contributed by atoms with van der Waals surface area (Å²) >= 11 is 0. The van der Waals surface area contributed by atoms with Crippen molar-refractivity contribution in [3.8, 4) is 0 Å². The van der Waals surface area contributed by atoms with Gasteiger partial charge in [-0.3, -0.25) is 0 Å².